The van der Waals surface area contributed by atoms with Crippen molar-refractivity contribution in [1.29, 1.82) is 5.26 Å². The summed E-state index contributed by atoms with van der Waals surface area (Å²) in [4.78, 5) is 37.0. The van der Waals surface area contributed by atoms with Crippen LogP contribution in [0.4, 0.5) is 4.79 Å². The van der Waals surface area contributed by atoms with E-state index in [0.717, 1.165) is 0 Å². The molecule has 14 heteroatoms. The molecular formula is C27H28BrN5O8. The van der Waals surface area contributed by atoms with Gasteiger partial charge >= 0.3 is 12.0 Å². The van der Waals surface area contributed by atoms with Crippen LogP contribution in [0, 0.1) is 11.3 Å². The lowest BCUT2D eigenvalue weighted by Gasteiger charge is -2.28. The zero-order chi connectivity index (χ0) is 29.9. The number of allylic oxidation sites excluding steroid dienone is 1. The van der Waals surface area contributed by atoms with Crippen LogP contribution in [0.15, 0.2) is 51.2 Å². The third kappa shape index (κ3) is 7.89. The first-order valence-electron chi connectivity index (χ1n) is 12.2. The van der Waals surface area contributed by atoms with E-state index in [-0.39, 0.29) is 36.9 Å². The van der Waals surface area contributed by atoms with Crippen LogP contribution in [0.1, 0.15) is 31.0 Å². The monoisotopic (exact) mass is 629 g/mol. The summed E-state index contributed by atoms with van der Waals surface area (Å²) in [6.45, 7) is 2.96. The molecule has 0 bridgehead atoms. The van der Waals surface area contributed by atoms with E-state index >= 15 is 0 Å². The number of benzene rings is 2. The van der Waals surface area contributed by atoms with Crippen molar-refractivity contribution in [1.82, 2.24) is 16.1 Å². The summed E-state index contributed by atoms with van der Waals surface area (Å²) in [6.07, 6.45) is 1.40. The van der Waals surface area contributed by atoms with E-state index in [1.165, 1.54) is 20.4 Å². The summed E-state index contributed by atoms with van der Waals surface area (Å²) in [5.74, 6) is 0.188. The molecule has 3 N–H and O–H groups in total. The predicted octanol–water partition coefficient (Wildman–Crippen LogP) is 3.09. The van der Waals surface area contributed by atoms with Gasteiger partial charge in [0.1, 0.15) is 6.07 Å². The number of nitriles is 1. The van der Waals surface area contributed by atoms with E-state index in [9.17, 15) is 14.4 Å². The predicted molar refractivity (Wildman–Crippen MR) is 150 cm³/mol. The molecule has 0 aliphatic carbocycles. The topological polar surface area (TPSA) is 170 Å². The number of carbonyl (C=O) groups is 3. The Morgan fingerprint density at radius 3 is 2.59 bits per heavy atom. The van der Waals surface area contributed by atoms with Gasteiger partial charge in [-0.3, -0.25) is 4.79 Å². The van der Waals surface area contributed by atoms with Crippen molar-refractivity contribution >= 4 is 40.1 Å². The molecule has 2 aromatic rings. The molecule has 0 aromatic heterocycles. The summed E-state index contributed by atoms with van der Waals surface area (Å²) in [7, 11) is 2.88. The highest BCUT2D eigenvalue weighted by Gasteiger charge is 2.32. The van der Waals surface area contributed by atoms with E-state index in [4.69, 9.17) is 28.9 Å². The SMILES string of the molecule is CCOC(=O)C1=C(C)NC(=O)N[C@H]1c1ccc(OCC(=O)N/N=C\c2cc(Br)c(OCC#N)c(OC)c2)c(OC)c1. The van der Waals surface area contributed by atoms with Gasteiger partial charge in [0.25, 0.3) is 5.91 Å². The van der Waals surface area contributed by atoms with E-state index < -0.39 is 23.9 Å². The second kappa shape index (κ2) is 14.6. The smallest absolute Gasteiger partial charge is 0.338 e. The van der Waals surface area contributed by atoms with Crippen LogP contribution in [-0.2, 0) is 14.3 Å². The highest BCUT2D eigenvalue weighted by molar-refractivity contribution is 9.10. The fourth-order valence-corrected chi connectivity index (χ4v) is 4.39. The third-order valence-electron chi connectivity index (χ3n) is 5.58. The first-order chi connectivity index (χ1) is 19.7. The molecule has 1 heterocycles. The quantitative estimate of drug-likeness (QED) is 0.181. The van der Waals surface area contributed by atoms with Crippen LogP contribution in [0.2, 0.25) is 0 Å². The number of hydrogen-bond donors (Lipinski definition) is 3. The number of carbonyl (C=O) groups excluding carboxylic acids is 3. The van der Waals surface area contributed by atoms with Gasteiger partial charge in [-0.25, -0.2) is 15.0 Å². The van der Waals surface area contributed by atoms with Crippen LogP contribution < -0.4 is 35.0 Å². The minimum atomic E-state index is -0.783. The fourth-order valence-electron chi connectivity index (χ4n) is 3.82. The Morgan fingerprint density at radius 2 is 1.90 bits per heavy atom. The number of nitrogens with zero attached hydrogens (tertiary/aromatic N) is 2. The van der Waals surface area contributed by atoms with Crippen LogP contribution >= 0.6 is 15.9 Å². The Balaban J connectivity index is 1.67. The number of urea groups is 1. The van der Waals surface area contributed by atoms with E-state index in [1.54, 1.807) is 44.2 Å². The van der Waals surface area contributed by atoms with Crippen LogP contribution in [0.3, 0.4) is 0 Å². The molecule has 0 fully saturated rings. The third-order valence-corrected chi connectivity index (χ3v) is 6.17. The molecule has 0 saturated carbocycles. The molecule has 2 aromatic carbocycles. The number of ether oxygens (including phenoxy) is 5. The van der Waals surface area contributed by atoms with Crippen LogP contribution in [-0.4, -0.2) is 58.2 Å². The first-order valence-corrected chi connectivity index (χ1v) is 13.0. The molecule has 41 heavy (non-hydrogen) atoms. The number of esters is 1. The zero-order valence-electron chi connectivity index (χ0n) is 22.7. The first kappa shape index (κ1) is 30.8. The Kier molecular flexibility index (Phi) is 10.9. The second-order valence-electron chi connectivity index (χ2n) is 8.26. The molecule has 13 nitrogen and oxygen atoms in total. The van der Waals surface area contributed by atoms with Gasteiger partial charge in [-0.05, 0) is 65.2 Å². The number of amides is 3. The molecule has 0 radical (unpaired) electrons. The van der Waals surface area contributed by atoms with Crippen molar-refractivity contribution in [2.45, 2.75) is 19.9 Å². The summed E-state index contributed by atoms with van der Waals surface area (Å²) >= 11 is 3.36. The number of hydrazone groups is 1. The van der Waals surface area contributed by atoms with Crippen LogP contribution in [0.25, 0.3) is 0 Å². The van der Waals surface area contributed by atoms with Gasteiger partial charge in [0, 0.05) is 5.70 Å². The molecule has 3 amide bonds. The maximum Gasteiger partial charge on any atom is 0.338 e. The standard InChI is InChI=1S/C27H28BrN5O8/c1-5-39-26(35)23-15(2)31-27(36)32-24(23)17-6-7-19(20(12-17)37-3)41-14-22(34)33-30-13-16-10-18(28)25(40-9-8-29)21(11-16)38-4/h6-7,10-13,24H,5,9,14H2,1-4H3,(H,33,34)(H2,31,32,36)/b30-13-/t24-/m0/s1. The van der Waals surface area contributed by atoms with Crippen molar-refractivity contribution in [2.24, 2.45) is 5.10 Å². The van der Waals surface area contributed by atoms with Crippen molar-refractivity contribution in [2.75, 3.05) is 34.0 Å². The van der Waals surface area contributed by atoms with E-state index in [2.05, 4.69) is 37.1 Å². The molecular weight excluding hydrogens is 602 g/mol. The summed E-state index contributed by atoms with van der Waals surface area (Å²) < 4.78 is 27.4. The lowest BCUT2D eigenvalue weighted by atomic mass is 9.95. The van der Waals surface area contributed by atoms with Gasteiger partial charge in [0.2, 0.25) is 0 Å². The highest BCUT2D eigenvalue weighted by Crippen LogP contribution is 2.36. The zero-order valence-corrected chi connectivity index (χ0v) is 24.3. The fraction of sp³-hybridized carbons (Fsp3) is 0.296. The van der Waals surface area contributed by atoms with Gasteiger partial charge in [-0.1, -0.05) is 6.07 Å². The number of hydrogen-bond acceptors (Lipinski definition) is 10. The van der Waals surface area contributed by atoms with Gasteiger partial charge in [0.05, 0.1) is 43.1 Å². The minimum absolute atomic E-state index is 0.147. The molecule has 3 rings (SSSR count). The molecule has 0 saturated heterocycles. The average molecular weight is 630 g/mol. The number of rotatable bonds is 12. The van der Waals surface area contributed by atoms with Gasteiger partial charge in [0.15, 0.2) is 36.2 Å². The number of nitrogens with one attached hydrogen (secondary N) is 3. The Labute approximate surface area is 244 Å². The van der Waals surface area contributed by atoms with Crippen molar-refractivity contribution < 1.29 is 38.1 Å². The average Bonchev–Trinajstić information content (AvgIpc) is 2.94. The summed E-state index contributed by atoms with van der Waals surface area (Å²) in [5.41, 5.74) is 4.14. The molecule has 1 atom stereocenters. The van der Waals surface area contributed by atoms with E-state index in [1.807, 2.05) is 6.07 Å². The summed E-state index contributed by atoms with van der Waals surface area (Å²) in [5, 5.41) is 18.0. The Morgan fingerprint density at radius 1 is 1.15 bits per heavy atom. The van der Waals surface area contributed by atoms with Crippen molar-refractivity contribution in [3.8, 4) is 29.1 Å². The molecule has 0 unspecified atom stereocenters. The second-order valence-corrected chi connectivity index (χ2v) is 9.12. The molecule has 1 aliphatic rings. The lowest BCUT2D eigenvalue weighted by molar-refractivity contribution is -0.139. The molecule has 0 spiro atoms. The highest BCUT2D eigenvalue weighted by atomic mass is 79.9. The van der Waals surface area contributed by atoms with Gasteiger partial charge in [-0.15, -0.1) is 0 Å². The lowest BCUT2D eigenvalue weighted by Crippen LogP contribution is -2.45. The molecule has 216 valence electrons. The largest absolute Gasteiger partial charge is 0.493 e. The van der Waals surface area contributed by atoms with Crippen molar-refractivity contribution in [3.63, 3.8) is 0 Å². The molecule has 1 aliphatic heterocycles. The van der Waals surface area contributed by atoms with Gasteiger partial charge < -0.3 is 34.3 Å². The van der Waals surface area contributed by atoms with Gasteiger partial charge in [-0.2, -0.15) is 10.4 Å². The number of halogens is 1. The normalized spacial score (nSPS) is 14.4. The van der Waals surface area contributed by atoms with Crippen LogP contribution in [0.5, 0.6) is 23.0 Å². The maximum absolute atomic E-state index is 12.6. The Bertz CT molecular complexity index is 1420. The van der Waals surface area contributed by atoms with Crippen molar-refractivity contribution in [3.05, 3.63) is 57.2 Å². The minimum Gasteiger partial charge on any atom is -0.493 e. The summed E-state index contributed by atoms with van der Waals surface area (Å²) in [6, 6.07) is 8.76. The van der Waals surface area contributed by atoms with E-state index in [0.29, 0.717) is 32.8 Å². The Hall–Kier alpha value is -4.77. The number of methoxy groups -OCH3 is 2. The maximum atomic E-state index is 12.6.